The molecule has 4 heteroatoms. The van der Waals surface area contributed by atoms with Crippen LogP contribution in [0.15, 0.2) is 6.20 Å². The number of hydrogen-bond donors (Lipinski definition) is 0. The summed E-state index contributed by atoms with van der Waals surface area (Å²) in [7, 11) is 4.37. The first-order valence-electron chi connectivity index (χ1n) is 7.24. The summed E-state index contributed by atoms with van der Waals surface area (Å²) in [5, 5.41) is 0. The molecular weight excluding hydrogens is 236 g/mol. The van der Waals surface area contributed by atoms with Gasteiger partial charge < -0.3 is 9.80 Å². The molecule has 0 aliphatic carbocycles. The van der Waals surface area contributed by atoms with E-state index < -0.39 is 0 Å². The monoisotopic (exact) mass is 262 g/mol. The molecule has 1 fully saturated rings. The minimum absolute atomic E-state index is 0.628. The van der Waals surface area contributed by atoms with Crippen molar-refractivity contribution in [3.63, 3.8) is 0 Å². The third kappa shape index (κ3) is 3.06. The lowest BCUT2D eigenvalue weighted by Gasteiger charge is -2.24. The van der Waals surface area contributed by atoms with E-state index in [1.165, 1.54) is 12.8 Å². The molecule has 19 heavy (non-hydrogen) atoms. The summed E-state index contributed by atoms with van der Waals surface area (Å²) in [6, 6.07) is 0.628. The summed E-state index contributed by atoms with van der Waals surface area (Å²) in [6.45, 7) is 8.49. The fourth-order valence-electron chi connectivity index (χ4n) is 2.96. The summed E-state index contributed by atoms with van der Waals surface area (Å²) in [6.07, 6.45) is 4.46. The van der Waals surface area contributed by atoms with Crippen molar-refractivity contribution in [3.05, 3.63) is 17.6 Å². The molecule has 2 rings (SSSR count). The molecule has 1 aliphatic rings. The van der Waals surface area contributed by atoms with Crippen molar-refractivity contribution in [1.82, 2.24) is 14.9 Å². The van der Waals surface area contributed by atoms with Crippen molar-refractivity contribution in [2.45, 2.75) is 39.7 Å². The van der Waals surface area contributed by atoms with Crippen LogP contribution in [0.1, 0.15) is 31.2 Å². The topological polar surface area (TPSA) is 32.3 Å². The first-order chi connectivity index (χ1) is 9.02. The number of nitrogens with zero attached hydrogens (tertiary/aromatic N) is 4. The van der Waals surface area contributed by atoms with Gasteiger partial charge in [0.05, 0.1) is 17.6 Å². The Kier molecular flexibility index (Phi) is 4.40. The maximum Gasteiger partial charge on any atom is 0.147 e. The molecule has 4 nitrogen and oxygen atoms in total. The third-order valence-electron chi connectivity index (χ3n) is 4.23. The number of aromatic nitrogens is 2. The van der Waals surface area contributed by atoms with Gasteiger partial charge >= 0.3 is 0 Å². The largest absolute Gasteiger partial charge is 0.353 e. The van der Waals surface area contributed by atoms with Crippen LogP contribution in [-0.2, 0) is 0 Å². The number of aryl methyl sites for hydroxylation is 2. The Hall–Kier alpha value is -1.16. The molecular formula is C15H26N4. The van der Waals surface area contributed by atoms with Gasteiger partial charge in [-0.2, -0.15) is 0 Å². The molecule has 2 atom stereocenters. The van der Waals surface area contributed by atoms with E-state index in [0.717, 1.165) is 36.2 Å². The average molecular weight is 262 g/mol. The third-order valence-corrected chi connectivity index (χ3v) is 4.23. The van der Waals surface area contributed by atoms with Gasteiger partial charge in [0.15, 0.2) is 0 Å². The van der Waals surface area contributed by atoms with E-state index in [9.17, 15) is 0 Å². The summed E-state index contributed by atoms with van der Waals surface area (Å²) in [4.78, 5) is 13.9. The Morgan fingerprint density at radius 2 is 2.00 bits per heavy atom. The van der Waals surface area contributed by atoms with Crippen LogP contribution in [0, 0.1) is 19.8 Å². The Morgan fingerprint density at radius 3 is 2.58 bits per heavy atom. The average Bonchev–Trinajstić information content (AvgIpc) is 2.77. The highest BCUT2D eigenvalue weighted by molar-refractivity contribution is 5.39. The normalized spacial score (nSPS) is 23.4. The van der Waals surface area contributed by atoms with Gasteiger partial charge in [-0.25, -0.2) is 4.98 Å². The summed E-state index contributed by atoms with van der Waals surface area (Å²) < 4.78 is 0. The Bertz CT molecular complexity index is 430. The Morgan fingerprint density at radius 1 is 1.26 bits per heavy atom. The van der Waals surface area contributed by atoms with E-state index in [-0.39, 0.29) is 0 Å². The molecule has 2 heterocycles. The highest BCUT2D eigenvalue weighted by atomic mass is 15.3. The van der Waals surface area contributed by atoms with Crippen molar-refractivity contribution < 1.29 is 0 Å². The summed E-state index contributed by atoms with van der Waals surface area (Å²) >= 11 is 0. The van der Waals surface area contributed by atoms with Crippen LogP contribution in [0.25, 0.3) is 0 Å². The predicted molar refractivity (Wildman–Crippen MR) is 79.6 cm³/mol. The molecule has 106 valence electrons. The zero-order chi connectivity index (χ0) is 14.0. The zero-order valence-electron chi connectivity index (χ0n) is 12.8. The molecule has 1 aromatic rings. The molecule has 0 spiro atoms. The number of likely N-dealkylation sites (N-methyl/N-ethyl adjacent to an activating group) is 1. The van der Waals surface area contributed by atoms with E-state index in [2.05, 4.69) is 40.8 Å². The first-order valence-corrected chi connectivity index (χ1v) is 7.24. The second-order valence-corrected chi connectivity index (χ2v) is 5.88. The smallest absolute Gasteiger partial charge is 0.147 e. The molecule has 0 amide bonds. The first kappa shape index (κ1) is 14.3. The molecule has 0 unspecified atom stereocenters. The van der Waals surface area contributed by atoms with Gasteiger partial charge in [0.1, 0.15) is 5.82 Å². The summed E-state index contributed by atoms with van der Waals surface area (Å²) in [5.74, 6) is 1.77. The van der Waals surface area contributed by atoms with E-state index in [0.29, 0.717) is 6.04 Å². The predicted octanol–water partition coefficient (Wildman–Crippen LogP) is 2.26. The minimum Gasteiger partial charge on any atom is -0.353 e. The van der Waals surface area contributed by atoms with Gasteiger partial charge in [-0.15, -0.1) is 0 Å². The van der Waals surface area contributed by atoms with Gasteiger partial charge in [0, 0.05) is 19.1 Å². The zero-order valence-corrected chi connectivity index (χ0v) is 12.8. The van der Waals surface area contributed by atoms with Gasteiger partial charge in [-0.05, 0) is 40.3 Å². The van der Waals surface area contributed by atoms with E-state index in [1.807, 2.05) is 20.0 Å². The second kappa shape index (κ2) is 5.87. The fourth-order valence-corrected chi connectivity index (χ4v) is 2.96. The van der Waals surface area contributed by atoms with E-state index >= 15 is 0 Å². The summed E-state index contributed by atoms with van der Waals surface area (Å²) in [5.41, 5.74) is 2.06. The van der Waals surface area contributed by atoms with Crippen LogP contribution in [0.4, 0.5) is 5.82 Å². The number of hydrogen-bond acceptors (Lipinski definition) is 4. The highest BCUT2D eigenvalue weighted by Crippen LogP contribution is 2.28. The van der Waals surface area contributed by atoms with Crippen molar-refractivity contribution in [1.29, 1.82) is 0 Å². The van der Waals surface area contributed by atoms with Crippen molar-refractivity contribution in [2.24, 2.45) is 5.92 Å². The Balaban J connectivity index is 2.15. The molecule has 1 saturated heterocycles. The van der Waals surface area contributed by atoms with Crippen molar-refractivity contribution in [3.8, 4) is 0 Å². The van der Waals surface area contributed by atoms with Crippen molar-refractivity contribution in [2.75, 3.05) is 32.1 Å². The van der Waals surface area contributed by atoms with Crippen LogP contribution >= 0.6 is 0 Å². The lowest BCUT2D eigenvalue weighted by molar-refractivity contribution is 0.246. The molecule has 0 radical (unpaired) electrons. The van der Waals surface area contributed by atoms with Gasteiger partial charge in [-0.3, -0.25) is 4.98 Å². The number of anilines is 1. The molecule has 1 aromatic heterocycles. The van der Waals surface area contributed by atoms with Crippen LogP contribution in [0.2, 0.25) is 0 Å². The van der Waals surface area contributed by atoms with Crippen LogP contribution in [0.3, 0.4) is 0 Å². The minimum atomic E-state index is 0.628. The molecule has 0 aromatic carbocycles. The molecule has 0 bridgehead atoms. The van der Waals surface area contributed by atoms with Crippen LogP contribution < -0.4 is 4.90 Å². The lowest BCUT2D eigenvalue weighted by atomic mass is 9.98. The molecule has 0 N–H and O–H groups in total. The SMILES string of the molecule is CCC[C@H]1CN(c2cnc(C)c(C)n2)C[C@@H]1N(C)C. The van der Waals surface area contributed by atoms with Gasteiger partial charge in [0.25, 0.3) is 0 Å². The lowest BCUT2D eigenvalue weighted by Crippen LogP contribution is -2.35. The molecule has 0 saturated carbocycles. The Labute approximate surface area is 116 Å². The molecule has 1 aliphatic heterocycles. The highest BCUT2D eigenvalue weighted by Gasteiger charge is 2.34. The fraction of sp³-hybridized carbons (Fsp3) is 0.733. The quantitative estimate of drug-likeness (QED) is 0.833. The van der Waals surface area contributed by atoms with E-state index in [4.69, 9.17) is 0 Å². The second-order valence-electron chi connectivity index (χ2n) is 5.88. The van der Waals surface area contributed by atoms with Crippen molar-refractivity contribution >= 4 is 5.82 Å². The van der Waals surface area contributed by atoms with E-state index in [1.54, 1.807) is 0 Å². The van der Waals surface area contributed by atoms with Crippen LogP contribution in [0.5, 0.6) is 0 Å². The maximum atomic E-state index is 4.69. The van der Waals surface area contributed by atoms with Gasteiger partial charge in [0.2, 0.25) is 0 Å². The van der Waals surface area contributed by atoms with Crippen LogP contribution in [-0.4, -0.2) is 48.1 Å². The number of rotatable bonds is 4. The maximum absolute atomic E-state index is 4.69. The van der Waals surface area contributed by atoms with Gasteiger partial charge in [-0.1, -0.05) is 13.3 Å². The standard InChI is InChI=1S/C15H26N4/c1-6-7-13-9-19(10-14(13)18(4)5)15-8-16-11(2)12(3)17-15/h8,13-14H,6-7,9-10H2,1-5H3/t13-,14-/m0/s1.